The van der Waals surface area contributed by atoms with E-state index in [2.05, 4.69) is 6.92 Å². The molecular formula is C26H29FN2O4. The van der Waals surface area contributed by atoms with Gasteiger partial charge in [0.05, 0.1) is 37.5 Å². The Hall–Kier alpha value is -3.19. The molecule has 2 heterocycles. The van der Waals surface area contributed by atoms with Crippen molar-refractivity contribution in [2.24, 2.45) is 0 Å². The number of carbonyl (C=O) groups is 1. The molecule has 7 heteroatoms. The van der Waals surface area contributed by atoms with Gasteiger partial charge in [-0.2, -0.15) is 0 Å². The molecule has 1 aliphatic rings. The van der Waals surface area contributed by atoms with Crippen LogP contribution in [0.2, 0.25) is 0 Å². The van der Waals surface area contributed by atoms with E-state index in [-0.39, 0.29) is 18.3 Å². The number of hydrogen-bond donors (Lipinski definition) is 0. The van der Waals surface area contributed by atoms with Gasteiger partial charge in [0.25, 0.3) is 0 Å². The van der Waals surface area contributed by atoms with Gasteiger partial charge in [-0.05, 0) is 43.7 Å². The zero-order valence-corrected chi connectivity index (χ0v) is 19.1. The number of benzene rings is 2. The highest BCUT2D eigenvalue weighted by Crippen LogP contribution is 2.32. The summed E-state index contributed by atoms with van der Waals surface area (Å²) in [5.74, 6) is 1.01. The van der Waals surface area contributed by atoms with E-state index in [1.807, 2.05) is 31.2 Å². The van der Waals surface area contributed by atoms with Gasteiger partial charge in [0.1, 0.15) is 23.9 Å². The summed E-state index contributed by atoms with van der Waals surface area (Å²) in [6.07, 6.45) is 2.29. The fourth-order valence-electron chi connectivity index (χ4n) is 3.84. The molecule has 1 saturated heterocycles. The van der Waals surface area contributed by atoms with Gasteiger partial charge >= 0.3 is 0 Å². The summed E-state index contributed by atoms with van der Waals surface area (Å²) in [6.45, 7) is 6.28. The van der Waals surface area contributed by atoms with Crippen molar-refractivity contribution in [2.75, 3.05) is 31.3 Å². The zero-order valence-electron chi connectivity index (χ0n) is 19.1. The van der Waals surface area contributed by atoms with Crippen LogP contribution in [-0.4, -0.2) is 37.3 Å². The van der Waals surface area contributed by atoms with E-state index in [1.54, 1.807) is 11.0 Å². The van der Waals surface area contributed by atoms with E-state index < -0.39 is 0 Å². The third kappa shape index (κ3) is 5.42. The first kappa shape index (κ1) is 23.0. The number of amides is 1. The molecule has 3 aromatic rings. The third-order valence-electron chi connectivity index (χ3n) is 5.70. The molecule has 4 rings (SSSR count). The molecule has 0 spiro atoms. The first-order valence-corrected chi connectivity index (χ1v) is 11.4. The fraction of sp³-hybridized carbons (Fsp3) is 0.385. The van der Waals surface area contributed by atoms with Gasteiger partial charge in [0, 0.05) is 29.2 Å². The Morgan fingerprint density at radius 3 is 2.88 bits per heavy atom. The molecule has 1 fully saturated rings. The van der Waals surface area contributed by atoms with Crippen LogP contribution in [-0.2, 0) is 16.1 Å². The molecule has 6 nitrogen and oxygen atoms in total. The van der Waals surface area contributed by atoms with Crippen LogP contribution >= 0.6 is 0 Å². The van der Waals surface area contributed by atoms with E-state index in [1.165, 1.54) is 12.1 Å². The van der Waals surface area contributed by atoms with Crippen molar-refractivity contribution in [3.63, 3.8) is 0 Å². The average Bonchev–Trinajstić information content (AvgIpc) is 3.04. The van der Waals surface area contributed by atoms with Crippen LogP contribution in [0.25, 0.3) is 10.9 Å². The molecule has 0 atom stereocenters. The number of halogens is 1. The molecule has 2 aromatic carbocycles. The normalized spacial score (nSPS) is 14.4. The van der Waals surface area contributed by atoms with Gasteiger partial charge in [-0.3, -0.25) is 4.79 Å². The van der Waals surface area contributed by atoms with Gasteiger partial charge in [-0.1, -0.05) is 19.4 Å². The Balaban J connectivity index is 1.57. The van der Waals surface area contributed by atoms with Crippen molar-refractivity contribution in [2.45, 2.75) is 39.7 Å². The maximum absolute atomic E-state index is 13.9. The molecule has 0 bridgehead atoms. The quantitative estimate of drug-likeness (QED) is 0.440. The van der Waals surface area contributed by atoms with Crippen LogP contribution in [0.4, 0.5) is 10.1 Å². The van der Waals surface area contributed by atoms with E-state index in [9.17, 15) is 9.18 Å². The van der Waals surface area contributed by atoms with E-state index in [0.717, 1.165) is 29.8 Å². The minimum absolute atomic E-state index is 0.0396. The van der Waals surface area contributed by atoms with Crippen molar-refractivity contribution >= 4 is 22.5 Å². The molecule has 1 amide bonds. The number of hydrogen-bond acceptors (Lipinski definition) is 5. The van der Waals surface area contributed by atoms with Gasteiger partial charge < -0.3 is 19.1 Å². The highest BCUT2D eigenvalue weighted by molar-refractivity contribution is 5.93. The van der Waals surface area contributed by atoms with Crippen LogP contribution in [0.3, 0.4) is 0 Å². The summed E-state index contributed by atoms with van der Waals surface area (Å²) in [4.78, 5) is 18.8. The molecular weight excluding hydrogens is 423 g/mol. The van der Waals surface area contributed by atoms with E-state index >= 15 is 0 Å². The average molecular weight is 453 g/mol. The molecule has 174 valence electrons. The first-order valence-electron chi connectivity index (χ1n) is 11.4. The zero-order chi connectivity index (χ0) is 23.2. The summed E-state index contributed by atoms with van der Waals surface area (Å²) in [5.41, 5.74) is 3.01. The van der Waals surface area contributed by atoms with Crippen LogP contribution in [0, 0.1) is 12.7 Å². The van der Waals surface area contributed by atoms with Crippen LogP contribution < -0.4 is 14.4 Å². The van der Waals surface area contributed by atoms with E-state index in [4.69, 9.17) is 19.2 Å². The van der Waals surface area contributed by atoms with Crippen LogP contribution in [0.5, 0.6) is 11.5 Å². The molecule has 0 saturated carbocycles. The smallest absolute Gasteiger partial charge is 0.229 e. The third-order valence-corrected chi connectivity index (χ3v) is 5.70. The number of carbonyl (C=O) groups excluding carboxylic acids is 1. The Morgan fingerprint density at radius 1 is 1.15 bits per heavy atom. The van der Waals surface area contributed by atoms with Crippen LogP contribution in [0.1, 0.15) is 37.4 Å². The number of unbranched alkanes of at least 4 members (excludes halogenated alkanes) is 1. The minimum atomic E-state index is -0.321. The lowest BCUT2D eigenvalue weighted by atomic mass is 10.1. The standard InChI is InChI=1S/C26H29FN2O4/c1-3-4-12-32-26-18(2)24(28-23-9-8-19(27)15-22(23)26)17-33-21-7-5-6-20(16-21)29-11-14-31-13-10-25(29)30/h5-9,15-16H,3-4,10-14,17H2,1-2H3. The number of nitrogens with zero attached hydrogens (tertiary/aromatic N) is 2. The van der Waals surface area contributed by atoms with Crippen molar-refractivity contribution < 1.29 is 23.4 Å². The molecule has 0 aliphatic carbocycles. The minimum Gasteiger partial charge on any atom is -0.493 e. The molecule has 0 radical (unpaired) electrons. The van der Waals surface area contributed by atoms with Gasteiger partial charge in [0.15, 0.2) is 0 Å². The number of anilines is 1. The van der Waals surface area contributed by atoms with Crippen molar-refractivity contribution in [1.29, 1.82) is 0 Å². The second-order valence-electron chi connectivity index (χ2n) is 8.07. The fourth-order valence-corrected chi connectivity index (χ4v) is 3.84. The molecule has 0 unspecified atom stereocenters. The summed E-state index contributed by atoms with van der Waals surface area (Å²) < 4.78 is 31.4. The van der Waals surface area contributed by atoms with Gasteiger partial charge in [-0.25, -0.2) is 9.37 Å². The second kappa shape index (κ2) is 10.6. The van der Waals surface area contributed by atoms with Crippen molar-refractivity contribution in [3.05, 3.63) is 59.5 Å². The molecule has 0 N–H and O–H groups in total. The number of ether oxygens (including phenoxy) is 3. The van der Waals surface area contributed by atoms with Crippen molar-refractivity contribution in [3.8, 4) is 11.5 Å². The Kier molecular flexibility index (Phi) is 7.40. The number of aromatic nitrogens is 1. The largest absolute Gasteiger partial charge is 0.493 e. The number of fused-ring (bicyclic) bond motifs is 1. The summed E-state index contributed by atoms with van der Waals surface area (Å²) >= 11 is 0. The van der Waals surface area contributed by atoms with Crippen molar-refractivity contribution in [1.82, 2.24) is 4.98 Å². The Labute approximate surface area is 193 Å². The monoisotopic (exact) mass is 452 g/mol. The topological polar surface area (TPSA) is 60.9 Å². The van der Waals surface area contributed by atoms with E-state index in [0.29, 0.717) is 55.2 Å². The maximum atomic E-state index is 13.9. The first-order chi connectivity index (χ1) is 16.1. The summed E-state index contributed by atoms with van der Waals surface area (Å²) in [7, 11) is 0. The highest BCUT2D eigenvalue weighted by atomic mass is 19.1. The maximum Gasteiger partial charge on any atom is 0.229 e. The Morgan fingerprint density at radius 2 is 2.03 bits per heavy atom. The van der Waals surface area contributed by atoms with Gasteiger partial charge in [-0.15, -0.1) is 0 Å². The number of pyridine rings is 1. The SMILES string of the molecule is CCCCOc1c(C)c(COc2cccc(N3CCOCCC3=O)c2)nc2ccc(F)cc12. The molecule has 33 heavy (non-hydrogen) atoms. The number of rotatable bonds is 8. The lowest BCUT2D eigenvalue weighted by molar-refractivity contribution is -0.118. The van der Waals surface area contributed by atoms with Crippen LogP contribution in [0.15, 0.2) is 42.5 Å². The predicted octanol–water partition coefficient (Wildman–Crippen LogP) is 5.19. The van der Waals surface area contributed by atoms with Gasteiger partial charge in [0.2, 0.25) is 5.91 Å². The molecule has 1 aliphatic heterocycles. The molecule has 1 aromatic heterocycles. The Bertz CT molecular complexity index is 1130. The lowest BCUT2D eigenvalue weighted by Crippen LogP contribution is -2.31. The summed E-state index contributed by atoms with van der Waals surface area (Å²) in [5, 5.41) is 0.663. The second-order valence-corrected chi connectivity index (χ2v) is 8.07. The predicted molar refractivity (Wildman–Crippen MR) is 125 cm³/mol. The lowest BCUT2D eigenvalue weighted by Gasteiger charge is -2.21. The summed E-state index contributed by atoms with van der Waals surface area (Å²) in [6, 6.07) is 12.0. The highest BCUT2D eigenvalue weighted by Gasteiger charge is 2.19.